The number of aromatic nitrogens is 3. The first-order valence-corrected chi connectivity index (χ1v) is 6.04. The third-order valence-electron chi connectivity index (χ3n) is 2.60. The Morgan fingerprint density at radius 1 is 1.43 bits per heavy atom. The lowest BCUT2D eigenvalue weighted by Gasteiger charge is -2.04. The fourth-order valence-corrected chi connectivity index (χ4v) is 1.60. The highest BCUT2D eigenvalue weighted by Gasteiger charge is 2.15. The molecule has 0 atom stereocenters. The van der Waals surface area contributed by atoms with Crippen LogP contribution < -0.4 is 5.56 Å². The van der Waals surface area contributed by atoms with Crippen molar-refractivity contribution in [1.29, 1.82) is 0 Å². The van der Waals surface area contributed by atoms with Crippen molar-refractivity contribution in [2.75, 3.05) is 6.61 Å². The molecule has 21 heavy (non-hydrogen) atoms. The highest BCUT2D eigenvalue weighted by Crippen LogP contribution is 2.20. The number of hydrogen-bond donors (Lipinski definition) is 1. The standard InChI is InChI=1S/C13H11F2N3O3/c1-2-21-13(20)8-5-10(17-18-12(8)19)7-3-4-9(11(14)15)16-6-7/h3-6,11H,2H2,1H3,(H,18,19). The summed E-state index contributed by atoms with van der Waals surface area (Å²) in [6.07, 6.45) is -1.48. The van der Waals surface area contributed by atoms with E-state index in [1.807, 2.05) is 0 Å². The molecule has 2 heterocycles. The zero-order chi connectivity index (χ0) is 15.4. The molecule has 110 valence electrons. The third kappa shape index (κ3) is 3.28. The molecule has 0 spiro atoms. The summed E-state index contributed by atoms with van der Waals surface area (Å²) in [6.45, 7) is 1.74. The lowest BCUT2D eigenvalue weighted by molar-refractivity contribution is 0.0524. The van der Waals surface area contributed by atoms with Crippen molar-refractivity contribution in [3.05, 3.63) is 46.0 Å². The number of nitrogens with zero attached hydrogens (tertiary/aromatic N) is 2. The second-order valence-electron chi connectivity index (χ2n) is 3.99. The maximum atomic E-state index is 12.4. The summed E-state index contributed by atoms with van der Waals surface area (Å²) in [7, 11) is 0. The summed E-state index contributed by atoms with van der Waals surface area (Å²) in [5.74, 6) is -0.778. The Balaban J connectivity index is 2.38. The second kappa shape index (κ2) is 6.21. The van der Waals surface area contributed by atoms with E-state index in [0.717, 1.165) is 6.07 Å². The molecule has 0 saturated carbocycles. The molecule has 0 radical (unpaired) electrons. The number of pyridine rings is 1. The van der Waals surface area contributed by atoms with Crippen LogP contribution in [0.2, 0.25) is 0 Å². The predicted octanol–water partition coefficient (Wildman–Crippen LogP) is 1.95. The minimum atomic E-state index is -2.67. The van der Waals surface area contributed by atoms with Gasteiger partial charge in [-0.25, -0.2) is 18.7 Å². The normalized spacial score (nSPS) is 10.7. The molecule has 0 fully saturated rings. The Kier molecular flexibility index (Phi) is 4.36. The van der Waals surface area contributed by atoms with Crippen LogP contribution in [0.4, 0.5) is 8.78 Å². The van der Waals surface area contributed by atoms with E-state index in [2.05, 4.69) is 15.2 Å². The van der Waals surface area contributed by atoms with E-state index in [1.165, 1.54) is 18.3 Å². The summed E-state index contributed by atoms with van der Waals surface area (Å²) >= 11 is 0. The van der Waals surface area contributed by atoms with E-state index in [4.69, 9.17) is 4.74 Å². The Hall–Kier alpha value is -2.64. The number of esters is 1. The van der Waals surface area contributed by atoms with Crippen LogP contribution in [-0.2, 0) is 4.74 Å². The van der Waals surface area contributed by atoms with Gasteiger partial charge in [-0.3, -0.25) is 9.78 Å². The van der Waals surface area contributed by atoms with Crippen LogP contribution in [-0.4, -0.2) is 27.8 Å². The molecule has 0 unspecified atom stereocenters. The first-order chi connectivity index (χ1) is 10.0. The number of carbonyl (C=O) groups excluding carboxylic acids is 1. The second-order valence-corrected chi connectivity index (χ2v) is 3.99. The maximum absolute atomic E-state index is 12.4. The van der Waals surface area contributed by atoms with Gasteiger partial charge < -0.3 is 4.74 Å². The van der Waals surface area contributed by atoms with Crippen molar-refractivity contribution in [2.24, 2.45) is 0 Å². The van der Waals surface area contributed by atoms with Gasteiger partial charge in [0.05, 0.1) is 12.3 Å². The molecule has 0 aliphatic rings. The van der Waals surface area contributed by atoms with E-state index >= 15 is 0 Å². The van der Waals surface area contributed by atoms with Gasteiger partial charge in [0, 0.05) is 11.8 Å². The quantitative estimate of drug-likeness (QED) is 0.871. The van der Waals surface area contributed by atoms with Crippen molar-refractivity contribution in [2.45, 2.75) is 13.3 Å². The van der Waals surface area contributed by atoms with Crippen LogP contribution in [0.1, 0.15) is 29.4 Å². The molecule has 0 bridgehead atoms. The van der Waals surface area contributed by atoms with Gasteiger partial charge in [0.1, 0.15) is 11.3 Å². The van der Waals surface area contributed by atoms with Gasteiger partial charge in [0.25, 0.3) is 12.0 Å². The van der Waals surface area contributed by atoms with E-state index in [-0.39, 0.29) is 23.6 Å². The maximum Gasteiger partial charge on any atom is 0.343 e. The molecule has 2 aromatic rings. The Morgan fingerprint density at radius 2 is 2.19 bits per heavy atom. The summed E-state index contributed by atoms with van der Waals surface area (Å²) in [6, 6.07) is 3.76. The Labute approximate surface area is 117 Å². The largest absolute Gasteiger partial charge is 0.462 e. The van der Waals surface area contributed by atoms with E-state index in [9.17, 15) is 18.4 Å². The van der Waals surface area contributed by atoms with Crippen LogP contribution >= 0.6 is 0 Å². The van der Waals surface area contributed by atoms with Crippen molar-refractivity contribution in [3.63, 3.8) is 0 Å². The molecule has 0 saturated heterocycles. The summed E-state index contributed by atoms with van der Waals surface area (Å²) in [4.78, 5) is 26.7. The van der Waals surface area contributed by atoms with Crippen molar-refractivity contribution < 1.29 is 18.3 Å². The SMILES string of the molecule is CCOC(=O)c1cc(-c2ccc(C(F)F)nc2)n[nH]c1=O. The van der Waals surface area contributed by atoms with Gasteiger partial charge in [0.15, 0.2) is 0 Å². The molecule has 0 aliphatic heterocycles. The number of H-pyrrole nitrogens is 1. The molecular formula is C13H11F2N3O3. The number of ether oxygens (including phenoxy) is 1. The number of hydrogen-bond acceptors (Lipinski definition) is 5. The zero-order valence-electron chi connectivity index (χ0n) is 11.0. The highest BCUT2D eigenvalue weighted by molar-refractivity contribution is 5.90. The summed E-state index contributed by atoms with van der Waals surface area (Å²) in [5, 5.41) is 5.91. The van der Waals surface area contributed by atoms with Gasteiger partial charge in [-0.2, -0.15) is 5.10 Å². The third-order valence-corrected chi connectivity index (χ3v) is 2.60. The molecule has 0 aromatic carbocycles. The van der Waals surface area contributed by atoms with Gasteiger partial charge in [0.2, 0.25) is 0 Å². The van der Waals surface area contributed by atoms with Crippen LogP contribution in [0.3, 0.4) is 0 Å². The Morgan fingerprint density at radius 3 is 2.76 bits per heavy atom. The smallest absolute Gasteiger partial charge is 0.343 e. The van der Waals surface area contributed by atoms with E-state index in [1.54, 1.807) is 6.92 Å². The van der Waals surface area contributed by atoms with E-state index in [0.29, 0.717) is 5.56 Å². The van der Waals surface area contributed by atoms with Crippen LogP contribution in [0.25, 0.3) is 11.3 Å². The zero-order valence-corrected chi connectivity index (χ0v) is 11.0. The number of nitrogens with one attached hydrogen (secondary N) is 1. The van der Waals surface area contributed by atoms with Gasteiger partial charge in [-0.05, 0) is 25.1 Å². The monoisotopic (exact) mass is 295 g/mol. The molecular weight excluding hydrogens is 284 g/mol. The average Bonchev–Trinajstić information content (AvgIpc) is 2.48. The fourth-order valence-electron chi connectivity index (χ4n) is 1.60. The predicted molar refractivity (Wildman–Crippen MR) is 69.0 cm³/mol. The van der Waals surface area contributed by atoms with Gasteiger partial charge in [-0.1, -0.05) is 0 Å². The van der Waals surface area contributed by atoms with Crippen LogP contribution in [0, 0.1) is 0 Å². The minimum absolute atomic E-state index is 0.126. The van der Waals surface area contributed by atoms with E-state index < -0.39 is 18.0 Å². The van der Waals surface area contributed by atoms with Crippen molar-refractivity contribution in [1.82, 2.24) is 15.2 Å². The fraction of sp³-hybridized carbons (Fsp3) is 0.231. The topological polar surface area (TPSA) is 84.9 Å². The number of aromatic amines is 1. The number of rotatable bonds is 4. The minimum Gasteiger partial charge on any atom is -0.462 e. The number of halogens is 2. The summed E-state index contributed by atoms with van der Waals surface area (Å²) in [5.41, 5.74) is -0.643. The molecule has 8 heteroatoms. The molecule has 2 rings (SSSR count). The van der Waals surface area contributed by atoms with Crippen LogP contribution in [0.15, 0.2) is 29.2 Å². The highest BCUT2D eigenvalue weighted by atomic mass is 19.3. The summed E-state index contributed by atoms with van der Waals surface area (Å²) < 4.78 is 29.6. The van der Waals surface area contributed by atoms with Crippen LogP contribution in [0.5, 0.6) is 0 Å². The molecule has 2 aromatic heterocycles. The Bertz CT molecular complexity index is 699. The van der Waals surface area contributed by atoms with Crippen molar-refractivity contribution in [3.8, 4) is 11.3 Å². The molecule has 0 amide bonds. The lowest BCUT2D eigenvalue weighted by Crippen LogP contribution is -2.21. The number of carbonyl (C=O) groups is 1. The average molecular weight is 295 g/mol. The first-order valence-electron chi connectivity index (χ1n) is 6.04. The molecule has 1 N–H and O–H groups in total. The molecule has 6 nitrogen and oxygen atoms in total. The van der Waals surface area contributed by atoms with Crippen molar-refractivity contribution >= 4 is 5.97 Å². The number of alkyl halides is 2. The first kappa shape index (κ1) is 14.8. The molecule has 0 aliphatic carbocycles. The lowest BCUT2D eigenvalue weighted by atomic mass is 10.1. The van der Waals surface area contributed by atoms with Gasteiger partial charge >= 0.3 is 5.97 Å². The van der Waals surface area contributed by atoms with Gasteiger partial charge in [-0.15, -0.1) is 0 Å².